The van der Waals surface area contributed by atoms with Crippen LogP contribution in [0.3, 0.4) is 0 Å². The molecule has 1 aromatic rings. The van der Waals surface area contributed by atoms with Crippen LogP contribution in [-0.2, 0) is 6.42 Å². The van der Waals surface area contributed by atoms with E-state index in [9.17, 15) is 9.18 Å². The van der Waals surface area contributed by atoms with Crippen molar-refractivity contribution >= 4 is 5.91 Å². The minimum absolute atomic E-state index is 0.290. The van der Waals surface area contributed by atoms with Crippen molar-refractivity contribution in [2.75, 3.05) is 0 Å². The SMILES string of the molecule is CC(C)Cc1ccc(F)cc1C(N)=O. The first-order chi connectivity index (χ1) is 6.50. The average molecular weight is 195 g/mol. The molecule has 0 atom stereocenters. The smallest absolute Gasteiger partial charge is 0.249 e. The first kappa shape index (κ1) is 10.7. The Kier molecular flexibility index (Phi) is 3.23. The van der Waals surface area contributed by atoms with Crippen LogP contribution in [0.1, 0.15) is 29.8 Å². The number of carbonyl (C=O) groups is 1. The minimum atomic E-state index is -0.569. The van der Waals surface area contributed by atoms with Gasteiger partial charge in [0.25, 0.3) is 0 Å². The fourth-order valence-corrected chi connectivity index (χ4v) is 1.40. The predicted octanol–water partition coefficient (Wildman–Crippen LogP) is 2.12. The van der Waals surface area contributed by atoms with Gasteiger partial charge in [0.05, 0.1) is 0 Å². The fraction of sp³-hybridized carbons (Fsp3) is 0.364. The van der Waals surface area contributed by atoms with Crippen LogP contribution in [-0.4, -0.2) is 5.91 Å². The Hall–Kier alpha value is -1.38. The summed E-state index contributed by atoms with van der Waals surface area (Å²) >= 11 is 0. The molecule has 76 valence electrons. The van der Waals surface area contributed by atoms with Crippen LogP contribution in [0, 0.1) is 11.7 Å². The van der Waals surface area contributed by atoms with E-state index in [1.165, 1.54) is 12.1 Å². The summed E-state index contributed by atoms with van der Waals surface area (Å²) in [6.45, 7) is 4.07. The molecule has 0 radical (unpaired) electrons. The molecule has 0 heterocycles. The molecule has 2 N–H and O–H groups in total. The predicted molar refractivity (Wildman–Crippen MR) is 53.5 cm³/mol. The summed E-state index contributed by atoms with van der Waals surface area (Å²) in [5.74, 6) is -0.579. The molecule has 3 heteroatoms. The Bertz CT molecular complexity index is 347. The molecule has 0 aliphatic rings. The number of rotatable bonds is 3. The van der Waals surface area contributed by atoms with Crippen molar-refractivity contribution in [3.63, 3.8) is 0 Å². The number of primary amides is 1. The molecule has 0 aromatic heterocycles. The first-order valence-electron chi connectivity index (χ1n) is 4.59. The number of nitrogens with two attached hydrogens (primary N) is 1. The summed E-state index contributed by atoms with van der Waals surface area (Å²) < 4.78 is 12.8. The number of carbonyl (C=O) groups excluding carboxylic acids is 1. The van der Waals surface area contributed by atoms with E-state index in [0.29, 0.717) is 11.5 Å². The van der Waals surface area contributed by atoms with Gasteiger partial charge in [0.1, 0.15) is 5.82 Å². The lowest BCUT2D eigenvalue weighted by atomic mass is 9.97. The van der Waals surface area contributed by atoms with Gasteiger partial charge in [-0.15, -0.1) is 0 Å². The quantitative estimate of drug-likeness (QED) is 0.788. The highest BCUT2D eigenvalue weighted by atomic mass is 19.1. The van der Waals surface area contributed by atoms with Crippen LogP contribution in [0.5, 0.6) is 0 Å². The van der Waals surface area contributed by atoms with Gasteiger partial charge < -0.3 is 5.73 Å². The maximum absolute atomic E-state index is 12.8. The maximum Gasteiger partial charge on any atom is 0.249 e. The Morgan fingerprint density at radius 3 is 2.64 bits per heavy atom. The van der Waals surface area contributed by atoms with E-state index >= 15 is 0 Å². The van der Waals surface area contributed by atoms with Gasteiger partial charge >= 0.3 is 0 Å². The molecule has 0 saturated carbocycles. The monoisotopic (exact) mass is 195 g/mol. The standard InChI is InChI=1S/C11H14FNO/c1-7(2)5-8-3-4-9(12)6-10(8)11(13)14/h3-4,6-7H,5H2,1-2H3,(H2,13,14). The summed E-state index contributed by atoms with van der Waals surface area (Å²) in [5, 5.41) is 0. The van der Waals surface area contributed by atoms with E-state index in [4.69, 9.17) is 5.73 Å². The van der Waals surface area contributed by atoms with Crippen molar-refractivity contribution in [3.8, 4) is 0 Å². The third-order valence-electron chi connectivity index (χ3n) is 1.97. The Morgan fingerprint density at radius 2 is 2.14 bits per heavy atom. The highest BCUT2D eigenvalue weighted by Crippen LogP contribution is 2.15. The van der Waals surface area contributed by atoms with E-state index in [-0.39, 0.29) is 0 Å². The average Bonchev–Trinajstić information content (AvgIpc) is 2.07. The fourth-order valence-electron chi connectivity index (χ4n) is 1.40. The second-order valence-electron chi connectivity index (χ2n) is 3.76. The third-order valence-corrected chi connectivity index (χ3v) is 1.97. The lowest BCUT2D eigenvalue weighted by Crippen LogP contribution is -2.15. The van der Waals surface area contributed by atoms with Gasteiger partial charge in [-0.2, -0.15) is 0 Å². The number of hydrogen-bond acceptors (Lipinski definition) is 1. The Balaban J connectivity index is 3.08. The van der Waals surface area contributed by atoms with E-state index in [1.807, 2.05) is 13.8 Å². The Labute approximate surface area is 82.9 Å². The normalized spacial score (nSPS) is 10.6. The van der Waals surface area contributed by atoms with Crippen molar-refractivity contribution < 1.29 is 9.18 Å². The van der Waals surface area contributed by atoms with Crippen LogP contribution in [0.4, 0.5) is 4.39 Å². The molecule has 14 heavy (non-hydrogen) atoms. The van der Waals surface area contributed by atoms with Gasteiger partial charge in [-0.25, -0.2) is 4.39 Å². The molecule has 0 bridgehead atoms. The molecule has 1 amide bonds. The summed E-state index contributed by atoms with van der Waals surface area (Å²) in [6.07, 6.45) is 0.735. The van der Waals surface area contributed by atoms with Crippen molar-refractivity contribution in [1.82, 2.24) is 0 Å². The number of amides is 1. The highest BCUT2D eigenvalue weighted by molar-refractivity contribution is 5.94. The van der Waals surface area contributed by atoms with Gasteiger partial charge in [-0.3, -0.25) is 4.79 Å². The van der Waals surface area contributed by atoms with Crippen LogP contribution < -0.4 is 5.73 Å². The molecular weight excluding hydrogens is 181 g/mol. The van der Waals surface area contributed by atoms with Gasteiger partial charge in [-0.1, -0.05) is 19.9 Å². The summed E-state index contributed by atoms with van der Waals surface area (Å²) in [4.78, 5) is 11.0. The molecule has 2 nitrogen and oxygen atoms in total. The summed E-state index contributed by atoms with van der Waals surface area (Å²) in [7, 11) is 0. The number of halogens is 1. The zero-order valence-electron chi connectivity index (χ0n) is 8.38. The van der Waals surface area contributed by atoms with Crippen LogP contribution >= 0.6 is 0 Å². The molecule has 1 rings (SSSR count). The van der Waals surface area contributed by atoms with Crippen LogP contribution in [0.15, 0.2) is 18.2 Å². The van der Waals surface area contributed by atoms with E-state index in [1.54, 1.807) is 6.07 Å². The molecule has 1 aromatic carbocycles. The van der Waals surface area contributed by atoms with Gasteiger partial charge in [-0.05, 0) is 30.0 Å². The summed E-state index contributed by atoms with van der Waals surface area (Å²) in [6, 6.07) is 4.17. The topological polar surface area (TPSA) is 43.1 Å². The molecule has 0 fully saturated rings. The molecule has 0 aliphatic carbocycles. The molecule has 0 spiro atoms. The lowest BCUT2D eigenvalue weighted by molar-refractivity contribution is 0.0999. The summed E-state index contributed by atoms with van der Waals surface area (Å²) in [5.41, 5.74) is 6.26. The van der Waals surface area contributed by atoms with Gasteiger partial charge in [0.15, 0.2) is 0 Å². The van der Waals surface area contributed by atoms with Crippen LogP contribution in [0.2, 0.25) is 0 Å². The highest BCUT2D eigenvalue weighted by Gasteiger charge is 2.10. The largest absolute Gasteiger partial charge is 0.366 e. The molecule has 0 aliphatic heterocycles. The van der Waals surface area contributed by atoms with Crippen molar-refractivity contribution in [2.24, 2.45) is 11.7 Å². The second-order valence-corrected chi connectivity index (χ2v) is 3.76. The molecule has 0 unspecified atom stereocenters. The van der Waals surface area contributed by atoms with Crippen molar-refractivity contribution in [1.29, 1.82) is 0 Å². The zero-order valence-corrected chi connectivity index (χ0v) is 8.38. The van der Waals surface area contributed by atoms with Crippen molar-refractivity contribution in [3.05, 3.63) is 35.1 Å². The van der Waals surface area contributed by atoms with E-state index in [2.05, 4.69) is 0 Å². The maximum atomic E-state index is 12.8. The van der Waals surface area contributed by atoms with E-state index in [0.717, 1.165) is 12.0 Å². The van der Waals surface area contributed by atoms with Gasteiger partial charge in [0, 0.05) is 5.56 Å². The second kappa shape index (κ2) is 4.22. The Morgan fingerprint density at radius 1 is 1.50 bits per heavy atom. The van der Waals surface area contributed by atoms with E-state index < -0.39 is 11.7 Å². The number of benzene rings is 1. The molecule has 0 saturated heterocycles. The van der Waals surface area contributed by atoms with Crippen molar-refractivity contribution in [2.45, 2.75) is 20.3 Å². The van der Waals surface area contributed by atoms with Crippen LogP contribution in [0.25, 0.3) is 0 Å². The number of hydrogen-bond donors (Lipinski definition) is 1. The third kappa shape index (κ3) is 2.55. The van der Waals surface area contributed by atoms with Gasteiger partial charge in [0.2, 0.25) is 5.91 Å². The lowest BCUT2D eigenvalue weighted by Gasteiger charge is -2.08. The zero-order chi connectivity index (χ0) is 10.7. The minimum Gasteiger partial charge on any atom is -0.366 e. The first-order valence-corrected chi connectivity index (χ1v) is 4.59. The molecular formula is C11H14FNO.